The van der Waals surface area contributed by atoms with Gasteiger partial charge in [-0.2, -0.15) is 0 Å². The Morgan fingerprint density at radius 3 is 2.47 bits per heavy atom. The molecule has 0 spiro atoms. The van der Waals surface area contributed by atoms with Gasteiger partial charge in [-0.1, -0.05) is 48.5 Å². The number of hydrogen-bond donors (Lipinski definition) is 1. The number of carbonyl (C=O) groups is 2. The zero-order chi connectivity index (χ0) is 23.8. The number of aromatic nitrogens is 2. The molecule has 0 aliphatic carbocycles. The minimum atomic E-state index is -0.883. The molecule has 0 bridgehead atoms. The van der Waals surface area contributed by atoms with Crippen molar-refractivity contribution in [2.45, 2.75) is 19.1 Å². The van der Waals surface area contributed by atoms with Crippen LogP contribution in [0.4, 0.5) is 0 Å². The van der Waals surface area contributed by atoms with Gasteiger partial charge < -0.3 is 15.0 Å². The Balaban J connectivity index is 1.71. The van der Waals surface area contributed by atoms with Crippen LogP contribution in [-0.2, 0) is 17.9 Å². The molecule has 2 amide bonds. The van der Waals surface area contributed by atoms with Gasteiger partial charge in [0.15, 0.2) is 0 Å². The molecule has 1 atom stereocenters. The summed E-state index contributed by atoms with van der Waals surface area (Å²) in [6, 6.07) is 19.8. The first-order valence-electron chi connectivity index (χ1n) is 10.7. The average molecular weight is 473 g/mol. The van der Waals surface area contributed by atoms with Crippen LogP contribution in [0.2, 0.25) is 0 Å². The summed E-state index contributed by atoms with van der Waals surface area (Å²) in [5.74, 6) is -0.00255. The highest BCUT2D eigenvalue weighted by Crippen LogP contribution is 2.28. The van der Waals surface area contributed by atoms with E-state index in [9.17, 15) is 9.59 Å². The Kier molecular flexibility index (Phi) is 7.62. The summed E-state index contributed by atoms with van der Waals surface area (Å²) in [6.45, 7) is 0.598. The number of benzene rings is 2. The minimum absolute atomic E-state index is 0.174. The molecule has 8 heteroatoms. The Bertz CT molecular complexity index is 1200. The van der Waals surface area contributed by atoms with E-state index < -0.39 is 6.04 Å². The van der Waals surface area contributed by atoms with Crippen LogP contribution in [0.5, 0.6) is 5.75 Å². The average Bonchev–Trinajstić information content (AvgIpc) is 3.41. The van der Waals surface area contributed by atoms with E-state index in [0.29, 0.717) is 17.9 Å². The van der Waals surface area contributed by atoms with Gasteiger partial charge >= 0.3 is 0 Å². The van der Waals surface area contributed by atoms with E-state index in [2.05, 4.69) is 15.3 Å². The quantitative estimate of drug-likeness (QED) is 0.394. The van der Waals surface area contributed by atoms with Crippen molar-refractivity contribution < 1.29 is 14.3 Å². The molecule has 4 aromatic rings. The highest BCUT2D eigenvalue weighted by molar-refractivity contribution is 7.09. The van der Waals surface area contributed by atoms with E-state index in [1.54, 1.807) is 31.4 Å². The van der Waals surface area contributed by atoms with Gasteiger partial charge in [-0.3, -0.25) is 14.6 Å². The largest absolute Gasteiger partial charge is 0.497 e. The molecule has 172 valence electrons. The lowest BCUT2D eigenvalue weighted by molar-refractivity contribution is -0.126. The molecule has 7 nitrogen and oxygen atoms in total. The normalized spacial score (nSPS) is 11.4. The summed E-state index contributed by atoms with van der Waals surface area (Å²) in [7, 11) is 1.58. The number of ether oxygens (including phenoxy) is 1. The lowest BCUT2D eigenvalue weighted by atomic mass is 10.0. The van der Waals surface area contributed by atoms with Crippen molar-refractivity contribution in [1.82, 2.24) is 20.2 Å². The molecule has 0 radical (unpaired) electrons. The number of carbonyl (C=O) groups excluding carboxylic acids is 2. The molecular formula is C26H24N4O3S. The molecule has 0 aliphatic heterocycles. The topological polar surface area (TPSA) is 84.4 Å². The summed E-state index contributed by atoms with van der Waals surface area (Å²) in [6.07, 6.45) is 4.39. The van der Waals surface area contributed by atoms with Gasteiger partial charge in [-0.25, -0.2) is 4.98 Å². The molecule has 0 saturated heterocycles. The van der Waals surface area contributed by atoms with Crippen molar-refractivity contribution in [2.75, 3.05) is 7.11 Å². The summed E-state index contributed by atoms with van der Waals surface area (Å²) in [5.41, 5.74) is 1.81. The predicted octanol–water partition coefficient (Wildman–Crippen LogP) is 4.25. The highest BCUT2D eigenvalue weighted by atomic mass is 32.1. The second kappa shape index (κ2) is 11.2. The zero-order valence-electron chi connectivity index (χ0n) is 18.6. The Hall–Kier alpha value is -4.04. The number of nitrogens with zero attached hydrogens (tertiary/aromatic N) is 3. The number of amides is 2. The third-order valence-corrected chi connectivity index (χ3v) is 6.11. The summed E-state index contributed by atoms with van der Waals surface area (Å²) in [5, 5.41) is 4.94. The third-order valence-electron chi connectivity index (χ3n) is 5.25. The molecule has 34 heavy (non-hydrogen) atoms. The van der Waals surface area contributed by atoms with E-state index in [-0.39, 0.29) is 24.1 Å². The van der Waals surface area contributed by atoms with Gasteiger partial charge in [0.2, 0.25) is 5.91 Å². The highest BCUT2D eigenvalue weighted by Gasteiger charge is 2.33. The smallest absolute Gasteiger partial charge is 0.275 e. The summed E-state index contributed by atoms with van der Waals surface area (Å²) in [4.78, 5) is 37.9. The number of hydrogen-bond acceptors (Lipinski definition) is 6. The fourth-order valence-electron chi connectivity index (χ4n) is 3.55. The maximum absolute atomic E-state index is 13.6. The van der Waals surface area contributed by atoms with Crippen LogP contribution in [-0.4, -0.2) is 33.8 Å². The maximum atomic E-state index is 13.6. The van der Waals surface area contributed by atoms with Crippen LogP contribution in [0.25, 0.3) is 0 Å². The molecule has 4 rings (SSSR count). The molecule has 0 fully saturated rings. The van der Waals surface area contributed by atoms with E-state index in [0.717, 1.165) is 10.4 Å². The molecule has 0 saturated carbocycles. The van der Waals surface area contributed by atoms with Crippen LogP contribution < -0.4 is 10.1 Å². The Labute approximate surface area is 202 Å². The maximum Gasteiger partial charge on any atom is 0.275 e. The number of methoxy groups -OCH3 is 1. The number of rotatable bonds is 9. The van der Waals surface area contributed by atoms with Crippen molar-refractivity contribution in [3.8, 4) is 5.75 Å². The summed E-state index contributed by atoms with van der Waals surface area (Å²) < 4.78 is 5.28. The van der Waals surface area contributed by atoms with Crippen molar-refractivity contribution in [3.63, 3.8) is 0 Å². The summed E-state index contributed by atoms with van der Waals surface area (Å²) >= 11 is 1.52. The third kappa shape index (κ3) is 5.65. The SMILES string of the molecule is COc1ccc([C@@H](C(=O)NCc2ccccc2)N(Cc2cccs2)C(=O)c2cnccn2)cc1. The Morgan fingerprint density at radius 2 is 1.82 bits per heavy atom. The van der Waals surface area contributed by atoms with Crippen LogP contribution in [0.1, 0.15) is 32.5 Å². The van der Waals surface area contributed by atoms with Crippen LogP contribution in [0.15, 0.2) is 90.7 Å². The standard InChI is InChI=1S/C26H24N4O3S/c1-33-21-11-9-20(10-12-21)24(25(31)29-16-19-6-3-2-4-7-19)30(18-22-8-5-15-34-22)26(32)23-17-27-13-14-28-23/h2-15,17,24H,16,18H2,1H3,(H,29,31)/t24-/m0/s1. The van der Waals surface area contributed by atoms with Crippen molar-refractivity contribution in [3.05, 3.63) is 112 Å². The van der Waals surface area contributed by atoms with Gasteiger partial charge in [0.1, 0.15) is 17.5 Å². The van der Waals surface area contributed by atoms with Gasteiger partial charge in [0.25, 0.3) is 5.91 Å². The fourth-order valence-corrected chi connectivity index (χ4v) is 4.25. The molecule has 2 aromatic heterocycles. The van der Waals surface area contributed by atoms with E-state index in [1.807, 2.05) is 47.8 Å². The van der Waals surface area contributed by atoms with E-state index >= 15 is 0 Å². The van der Waals surface area contributed by atoms with Gasteiger partial charge in [-0.15, -0.1) is 11.3 Å². The minimum Gasteiger partial charge on any atom is -0.497 e. The molecule has 2 heterocycles. The van der Waals surface area contributed by atoms with Crippen molar-refractivity contribution >= 4 is 23.2 Å². The lowest BCUT2D eigenvalue weighted by Crippen LogP contribution is -2.43. The Morgan fingerprint density at radius 1 is 1.03 bits per heavy atom. The van der Waals surface area contributed by atoms with Crippen LogP contribution >= 0.6 is 11.3 Å². The number of thiophene rings is 1. The van der Waals surface area contributed by atoms with E-state index in [4.69, 9.17) is 4.74 Å². The second-order valence-electron chi connectivity index (χ2n) is 7.48. The molecule has 0 unspecified atom stereocenters. The molecule has 2 aromatic carbocycles. The monoisotopic (exact) mass is 472 g/mol. The molecular weight excluding hydrogens is 448 g/mol. The first kappa shape index (κ1) is 23.1. The van der Waals surface area contributed by atoms with Gasteiger partial charge in [0.05, 0.1) is 19.9 Å². The lowest BCUT2D eigenvalue weighted by Gasteiger charge is -2.31. The predicted molar refractivity (Wildman–Crippen MR) is 130 cm³/mol. The molecule has 0 aliphatic rings. The van der Waals surface area contributed by atoms with Crippen LogP contribution in [0, 0.1) is 0 Å². The second-order valence-corrected chi connectivity index (χ2v) is 8.51. The molecule has 1 N–H and O–H groups in total. The zero-order valence-corrected chi connectivity index (χ0v) is 19.4. The van der Waals surface area contributed by atoms with Crippen molar-refractivity contribution in [1.29, 1.82) is 0 Å². The van der Waals surface area contributed by atoms with Gasteiger partial charge in [0, 0.05) is 23.8 Å². The first-order chi connectivity index (χ1) is 16.7. The fraction of sp³-hybridized carbons (Fsp3) is 0.154. The number of nitrogens with one attached hydrogen (secondary N) is 1. The first-order valence-corrected chi connectivity index (χ1v) is 11.6. The van der Waals surface area contributed by atoms with Crippen molar-refractivity contribution in [2.24, 2.45) is 0 Å². The van der Waals surface area contributed by atoms with E-state index in [1.165, 1.54) is 34.8 Å². The van der Waals surface area contributed by atoms with Crippen LogP contribution in [0.3, 0.4) is 0 Å². The van der Waals surface area contributed by atoms with Gasteiger partial charge in [-0.05, 0) is 34.7 Å².